The lowest BCUT2D eigenvalue weighted by atomic mass is 9.97. The molecule has 5 aromatic rings. The van der Waals surface area contributed by atoms with Crippen molar-refractivity contribution >= 4 is 17.9 Å². The Morgan fingerprint density at radius 1 is 0.932 bits per heavy atom. The molecule has 6 rings (SSSR count). The van der Waals surface area contributed by atoms with Crippen LogP contribution in [-0.2, 0) is 35.5 Å². The average Bonchev–Trinajstić information content (AvgIpc) is 3.50. The number of aryl methyl sites for hydroxylation is 1. The van der Waals surface area contributed by atoms with E-state index in [1.165, 1.54) is 11.6 Å². The molecule has 1 aliphatic heterocycles. The van der Waals surface area contributed by atoms with Gasteiger partial charge in [-0.05, 0) is 53.8 Å². The van der Waals surface area contributed by atoms with Crippen LogP contribution in [-0.4, -0.2) is 49.6 Å². The van der Waals surface area contributed by atoms with E-state index >= 15 is 0 Å². The maximum absolute atomic E-state index is 14.4. The minimum absolute atomic E-state index is 0.0708. The topological polar surface area (TPSA) is 92.4 Å². The van der Waals surface area contributed by atoms with E-state index in [1.54, 1.807) is 30.2 Å². The van der Waals surface area contributed by atoms with Gasteiger partial charge >= 0.3 is 0 Å². The van der Waals surface area contributed by atoms with Crippen LogP contribution < -0.4 is 0 Å². The monoisotopic (exact) mass is 583 g/mol. The van der Waals surface area contributed by atoms with Crippen molar-refractivity contribution in [2.24, 2.45) is 0 Å². The first-order valence-corrected chi connectivity index (χ1v) is 14.7. The number of carbonyl (C=O) groups excluding carboxylic acids is 2. The van der Waals surface area contributed by atoms with E-state index < -0.39 is 6.04 Å². The Bertz CT molecular complexity index is 1750. The SMILES string of the molecule is Cc1cc(/C=C/C(=O)N(Cc2ccc(-c3cccnn3)cc2)[C@@H](Cc2ccccc2)C(=O)N2CCc3ccccc3C2)no1. The second-order valence-electron chi connectivity index (χ2n) is 11.0. The van der Waals surface area contributed by atoms with Gasteiger partial charge in [-0.2, -0.15) is 10.2 Å². The number of hydrogen-bond acceptors (Lipinski definition) is 6. The molecular formula is C36H33N5O3. The van der Waals surface area contributed by atoms with Gasteiger partial charge in [0.05, 0.1) is 5.69 Å². The van der Waals surface area contributed by atoms with Crippen molar-refractivity contribution in [2.45, 2.75) is 38.9 Å². The zero-order valence-corrected chi connectivity index (χ0v) is 24.5. The first-order valence-electron chi connectivity index (χ1n) is 14.7. The molecule has 0 fully saturated rings. The molecule has 0 aliphatic carbocycles. The summed E-state index contributed by atoms with van der Waals surface area (Å²) >= 11 is 0. The largest absolute Gasteiger partial charge is 0.361 e. The van der Waals surface area contributed by atoms with Crippen LogP contribution in [0.3, 0.4) is 0 Å². The molecule has 220 valence electrons. The van der Waals surface area contributed by atoms with Gasteiger partial charge in [0.15, 0.2) is 0 Å². The zero-order valence-electron chi connectivity index (χ0n) is 24.5. The summed E-state index contributed by atoms with van der Waals surface area (Å²) in [6.07, 6.45) is 5.91. The Kier molecular flexibility index (Phi) is 8.68. The zero-order chi connectivity index (χ0) is 30.3. The van der Waals surface area contributed by atoms with Crippen molar-refractivity contribution in [1.29, 1.82) is 0 Å². The van der Waals surface area contributed by atoms with Gasteiger partial charge in [0.2, 0.25) is 11.8 Å². The van der Waals surface area contributed by atoms with Gasteiger partial charge in [-0.3, -0.25) is 9.59 Å². The van der Waals surface area contributed by atoms with Crippen molar-refractivity contribution in [3.63, 3.8) is 0 Å². The molecular weight excluding hydrogens is 550 g/mol. The van der Waals surface area contributed by atoms with Crippen molar-refractivity contribution in [3.8, 4) is 11.3 Å². The van der Waals surface area contributed by atoms with Gasteiger partial charge in [0, 0.05) is 50.0 Å². The highest BCUT2D eigenvalue weighted by atomic mass is 16.5. The Balaban J connectivity index is 1.34. The van der Waals surface area contributed by atoms with Crippen LogP contribution in [0.2, 0.25) is 0 Å². The fraction of sp³-hybridized carbons (Fsp3) is 0.194. The summed E-state index contributed by atoms with van der Waals surface area (Å²) in [5.41, 5.74) is 6.51. The molecule has 44 heavy (non-hydrogen) atoms. The highest BCUT2D eigenvalue weighted by Gasteiger charge is 2.34. The van der Waals surface area contributed by atoms with E-state index in [1.807, 2.05) is 83.8 Å². The average molecular weight is 584 g/mol. The molecule has 0 spiro atoms. The molecule has 1 aliphatic rings. The summed E-state index contributed by atoms with van der Waals surface area (Å²) < 4.78 is 5.18. The number of carbonyl (C=O) groups is 2. The fourth-order valence-corrected chi connectivity index (χ4v) is 5.55. The fourth-order valence-electron chi connectivity index (χ4n) is 5.55. The molecule has 8 nitrogen and oxygen atoms in total. The molecule has 0 radical (unpaired) electrons. The van der Waals surface area contributed by atoms with Crippen molar-refractivity contribution < 1.29 is 14.1 Å². The predicted molar refractivity (Wildman–Crippen MR) is 168 cm³/mol. The molecule has 0 bridgehead atoms. The first-order chi connectivity index (χ1) is 21.5. The third-order valence-corrected chi connectivity index (χ3v) is 7.88. The van der Waals surface area contributed by atoms with Crippen molar-refractivity contribution in [2.75, 3.05) is 6.54 Å². The minimum Gasteiger partial charge on any atom is -0.361 e. The van der Waals surface area contributed by atoms with Gasteiger partial charge in [0.1, 0.15) is 17.5 Å². The highest BCUT2D eigenvalue weighted by Crippen LogP contribution is 2.24. The van der Waals surface area contributed by atoms with Gasteiger partial charge in [0.25, 0.3) is 0 Å². The number of rotatable bonds is 9. The highest BCUT2D eigenvalue weighted by molar-refractivity contribution is 5.95. The summed E-state index contributed by atoms with van der Waals surface area (Å²) in [5.74, 6) is 0.300. The number of fused-ring (bicyclic) bond motifs is 1. The number of aromatic nitrogens is 3. The lowest BCUT2D eigenvalue weighted by Gasteiger charge is -2.36. The van der Waals surface area contributed by atoms with Gasteiger partial charge in [-0.15, -0.1) is 0 Å². The van der Waals surface area contributed by atoms with E-state index in [0.717, 1.165) is 34.4 Å². The van der Waals surface area contributed by atoms with Crippen LogP contribution >= 0.6 is 0 Å². The van der Waals surface area contributed by atoms with Crippen molar-refractivity contribution in [3.05, 3.63) is 143 Å². The van der Waals surface area contributed by atoms with E-state index in [0.29, 0.717) is 31.0 Å². The van der Waals surface area contributed by atoms with Gasteiger partial charge in [-0.25, -0.2) is 0 Å². The smallest absolute Gasteiger partial charge is 0.247 e. The van der Waals surface area contributed by atoms with Crippen LogP contribution in [0.15, 0.2) is 114 Å². The molecule has 1 atom stereocenters. The number of benzene rings is 3. The Morgan fingerprint density at radius 3 is 2.43 bits per heavy atom. The molecule has 2 aromatic heterocycles. The van der Waals surface area contributed by atoms with Crippen LogP contribution in [0.4, 0.5) is 0 Å². The molecule has 3 heterocycles. The Hall–Kier alpha value is -5.37. The molecule has 3 aromatic carbocycles. The minimum atomic E-state index is -0.724. The third kappa shape index (κ3) is 6.81. The summed E-state index contributed by atoms with van der Waals surface area (Å²) in [7, 11) is 0. The number of hydrogen-bond donors (Lipinski definition) is 0. The number of nitrogens with zero attached hydrogens (tertiary/aromatic N) is 5. The predicted octanol–water partition coefficient (Wildman–Crippen LogP) is 5.68. The first kappa shape index (κ1) is 28.7. The van der Waals surface area contributed by atoms with E-state index in [4.69, 9.17) is 4.52 Å². The van der Waals surface area contributed by atoms with E-state index in [2.05, 4.69) is 27.5 Å². The van der Waals surface area contributed by atoms with E-state index in [9.17, 15) is 9.59 Å². The molecule has 8 heteroatoms. The van der Waals surface area contributed by atoms with Crippen LogP contribution in [0.1, 0.15) is 33.7 Å². The van der Waals surface area contributed by atoms with Crippen LogP contribution in [0.25, 0.3) is 17.3 Å². The van der Waals surface area contributed by atoms with E-state index in [-0.39, 0.29) is 18.4 Å². The quantitative estimate of drug-likeness (QED) is 0.208. The van der Waals surface area contributed by atoms with Crippen LogP contribution in [0, 0.1) is 6.92 Å². The molecule has 0 N–H and O–H groups in total. The maximum atomic E-state index is 14.4. The maximum Gasteiger partial charge on any atom is 0.247 e. The molecule has 2 amide bonds. The van der Waals surface area contributed by atoms with Crippen molar-refractivity contribution in [1.82, 2.24) is 25.2 Å². The summed E-state index contributed by atoms with van der Waals surface area (Å²) in [6.45, 7) is 3.16. The van der Waals surface area contributed by atoms with Gasteiger partial charge < -0.3 is 14.3 Å². The number of amides is 2. The Labute approximate surface area is 256 Å². The van der Waals surface area contributed by atoms with Gasteiger partial charge in [-0.1, -0.05) is 84.0 Å². The molecule has 0 saturated carbocycles. The second kappa shape index (κ2) is 13.3. The molecule has 0 unspecified atom stereocenters. The summed E-state index contributed by atoms with van der Waals surface area (Å²) in [4.78, 5) is 32.0. The standard InChI is InChI=1S/C36H33N5O3/c1-26-22-32(39-44-26)17-18-35(42)41(24-28-13-15-30(16-14-28)33-12-7-20-37-38-33)34(23-27-8-3-2-4-9-27)36(43)40-21-19-29-10-5-6-11-31(29)25-40/h2-18,20,22,34H,19,21,23-25H2,1H3/b18-17+/t34-/m0/s1. The lowest BCUT2D eigenvalue weighted by molar-refractivity contribution is -0.144. The summed E-state index contributed by atoms with van der Waals surface area (Å²) in [6, 6.07) is 30.7. The molecule has 0 saturated heterocycles. The van der Waals surface area contributed by atoms with Crippen LogP contribution in [0.5, 0.6) is 0 Å². The second-order valence-corrected chi connectivity index (χ2v) is 11.0. The third-order valence-electron chi connectivity index (χ3n) is 7.88. The Morgan fingerprint density at radius 2 is 1.70 bits per heavy atom. The lowest BCUT2D eigenvalue weighted by Crippen LogP contribution is -2.52. The summed E-state index contributed by atoms with van der Waals surface area (Å²) in [5, 5.41) is 12.2. The normalized spacial score (nSPS) is 13.4.